The van der Waals surface area contributed by atoms with E-state index in [-0.39, 0.29) is 129 Å². The van der Waals surface area contributed by atoms with E-state index in [9.17, 15) is 28.8 Å². The summed E-state index contributed by atoms with van der Waals surface area (Å²) in [4.78, 5) is 151. The maximum Gasteiger partial charge on any atom is 0.391 e. The van der Waals surface area contributed by atoms with Crippen LogP contribution in [0.3, 0.4) is 0 Å². The summed E-state index contributed by atoms with van der Waals surface area (Å²) in [5.41, 5.74) is -0.512. The Balaban J connectivity index is 1.15. The van der Waals surface area contributed by atoms with Crippen LogP contribution in [0.1, 0.15) is 76.5 Å². The van der Waals surface area contributed by atoms with E-state index in [4.69, 9.17) is 93.8 Å². The number of rotatable bonds is 32. The molecule has 0 aliphatic carbocycles. The Morgan fingerprint density at radius 1 is 0.333 bits per heavy atom. The molecule has 11 aromatic rings. The monoisotopic (exact) mass is 1720 g/mol. The molecular formula is C86H58Cl4F6N4O20. The molecule has 2 aliphatic heterocycles. The highest BCUT2D eigenvalue weighted by atomic mass is 35.5. The highest BCUT2D eigenvalue weighted by Gasteiger charge is 2.51. The first-order valence-electron chi connectivity index (χ1n) is 35.8. The molecule has 0 saturated carbocycles. The third kappa shape index (κ3) is 18.8. The van der Waals surface area contributed by atoms with Crippen molar-refractivity contribution in [1.82, 2.24) is 19.8 Å². The molecule has 2 atom stereocenters. The van der Waals surface area contributed by atoms with Gasteiger partial charge in [0.25, 0.3) is 23.6 Å². The fourth-order valence-electron chi connectivity index (χ4n) is 13.4. The second-order valence-corrected chi connectivity index (χ2v) is 28.5. The van der Waals surface area contributed by atoms with Crippen LogP contribution in [0, 0.1) is 0 Å². The first kappa shape index (κ1) is 84.5. The second kappa shape index (κ2) is 35.4. The number of halogens is 10. The molecule has 0 bridgehead atoms. The molecule has 34 heteroatoms. The van der Waals surface area contributed by atoms with Crippen LogP contribution in [0.25, 0.3) is 43.1 Å². The third-order valence-corrected chi connectivity index (χ3v) is 19.3. The molecule has 0 spiro atoms. The van der Waals surface area contributed by atoms with Gasteiger partial charge in [0.1, 0.15) is 89.7 Å². The average Bonchev–Trinajstić information content (AvgIpc) is 0.669. The number of hydrogen-bond acceptors (Lipinski definition) is 22. The van der Waals surface area contributed by atoms with Crippen molar-refractivity contribution in [2.75, 3.05) is 26.4 Å². The molecule has 24 nitrogen and oxygen atoms in total. The van der Waals surface area contributed by atoms with Crippen LogP contribution in [0.4, 0.5) is 26.3 Å². The molecule has 2 aromatic heterocycles. The number of alkyl halides is 6. The Morgan fingerprint density at radius 3 is 0.767 bits per heavy atom. The van der Waals surface area contributed by atoms with E-state index in [2.05, 4.69) is 36.3 Å². The van der Waals surface area contributed by atoms with Crippen molar-refractivity contribution in [1.29, 1.82) is 0 Å². The summed E-state index contributed by atoms with van der Waals surface area (Å²) in [5, 5.41) is -3.98. The number of pyridine rings is 2. The minimum Gasteiger partial charge on any atom is -0.461 e. The maximum absolute atomic E-state index is 16.2. The summed E-state index contributed by atoms with van der Waals surface area (Å²) in [7, 11) is 0. The number of hydrogen-bond donors (Lipinski definition) is 0. The van der Waals surface area contributed by atoms with Crippen LogP contribution >= 0.6 is 46.4 Å². The van der Waals surface area contributed by atoms with Crippen molar-refractivity contribution in [3.05, 3.63) is 261 Å². The molecule has 0 N–H and O–H groups in total. The molecule has 9 aromatic carbocycles. The van der Waals surface area contributed by atoms with Gasteiger partial charge in [0, 0.05) is 93.6 Å². The van der Waals surface area contributed by atoms with Gasteiger partial charge in [-0.25, -0.2) is 28.8 Å². The third-order valence-electron chi connectivity index (χ3n) is 18.7. The Morgan fingerprint density at radius 2 is 0.558 bits per heavy atom. The number of carbonyl (C=O) groups is 10. The minimum atomic E-state index is -5.34. The lowest BCUT2D eigenvalue weighted by Gasteiger charge is -2.35. The lowest BCUT2D eigenvalue weighted by Crippen LogP contribution is -2.53. The van der Waals surface area contributed by atoms with E-state index in [0.29, 0.717) is 22.3 Å². The van der Waals surface area contributed by atoms with E-state index < -0.39 is 173 Å². The van der Waals surface area contributed by atoms with E-state index in [1.54, 1.807) is 0 Å². The van der Waals surface area contributed by atoms with Crippen molar-refractivity contribution in [3.8, 4) is 57.5 Å². The van der Waals surface area contributed by atoms with Crippen LogP contribution in [0.2, 0.25) is 0 Å². The van der Waals surface area contributed by atoms with E-state index in [1.165, 1.54) is 97.1 Å². The Hall–Kier alpha value is -13.4. The molecule has 0 saturated heterocycles. The van der Waals surface area contributed by atoms with Crippen molar-refractivity contribution in [2.45, 2.75) is 63.0 Å². The van der Waals surface area contributed by atoms with E-state index >= 15 is 45.5 Å². The van der Waals surface area contributed by atoms with Crippen LogP contribution < -0.4 is 28.4 Å². The standard InChI is InChI=1S/C86H58Cl4F6N4O20/c1-43(87)79(105)111-33-25-47-5-13-51(14-6-47)115-63-37-57-67-58(76(102)99(75(57)101)61(41-85(91,92)93)83(109)119-55-21-29-97-30-22-55)39-65(117-53-17-9-49(10-18-53)27-35-113-81(107)45(3)89)71-72-66(118-54-19-11-50(12-20-54)28-36-114-82(108)46(4)90)40-60-68-59(77(103)100(78(60)104)62(42-86(94,95)96)84(110)120-56-23-31-98-32-24-56)38-64(70(74(68)72)69(63)73(67)71)116-52-15-7-48(8-16-52)26-34-112-80(106)44(2)88/h5-24,29-32,37-40,61-62H,1-4,25-28,33-36,41-42H2. The number of nitrogens with zero attached hydrogens (tertiary/aromatic N) is 4. The molecule has 4 heterocycles. The van der Waals surface area contributed by atoms with Crippen LogP contribution in [-0.4, -0.2) is 130 Å². The number of aromatic nitrogens is 2. The van der Waals surface area contributed by atoms with Crippen molar-refractivity contribution < 1.29 is 122 Å². The number of carbonyl (C=O) groups excluding carboxylic acids is 10. The summed E-state index contributed by atoms with van der Waals surface area (Å²) in [5.74, 6) is -16.3. The molecule has 612 valence electrons. The molecule has 2 unspecified atom stereocenters. The van der Waals surface area contributed by atoms with Gasteiger partial charge < -0.3 is 47.4 Å². The van der Waals surface area contributed by atoms with Crippen LogP contribution in [-0.2, 0) is 73.4 Å². The predicted molar refractivity (Wildman–Crippen MR) is 422 cm³/mol. The molecule has 2 aliphatic rings. The molecule has 0 fully saturated rings. The molecular weight excluding hydrogens is 1660 g/mol. The van der Waals surface area contributed by atoms with Gasteiger partial charge in [-0.3, -0.25) is 38.9 Å². The Labute approximate surface area is 694 Å². The first-order chi connectivity index (χ1) is 57.2. The smallest absolute Gasteiger partial charge is 0.391 e. The Bertz CT molecular complexity index is 5390. The second-order valence-electron chi connectivity index (χ2n) is 26.7. The van der Waals surface area contributed by atoms with Crippen molar-refractivity contribution in [2.24, 2.45) is 0 Å². The highest BCUT2D eigenvalue weighted by molar-refractivity contribution is 6.46. The SMILES string of the molecule is C=C(Cl)C(=O)OCCc1ccc(Oc2cc3c4c(cc(Oc5ccc(CCOC(=O)C(=C)Cl)cc5)c5c6c(Oc7ccc(CCOC(=O)C(=C)Cl)cc7)cc7c8c(cc(Oc9ccc(CCOC(=O)C(=C)Cl)cc9)c(c2c45)c86)C(=O)N(C(CC(F)(F)F)C(=O)Oc2ccncc2)C7=O)C(=O)N(C(CC(F)(F)F)C(=O)Oc2ccncc2)C3=O)cc1. The molecule has 0 radical (unpaired) electrons. The van der Waals surface area contributed by atoms with Gasteiger partial charge in [-0.05, 0) is 119 Å². The number of esters is 6. The maximum atomic E-state index is 16.2. The first-order valence-corrected chi connectivity index (χ1v) is 37.3. The zero-order chi connectivity index (χ0) is 85.8. The summed E-state index contributed by atoms with van der Waals surface area (Å²) in [6, 6.07) is 26.7. The summed E-state index contributed by atoms with van der Waals surface area (Å²) in [6.07, 6.45) is -10.2. The van der Waals surface area contributed by atoms with Crippen LogP contribution in [0.5, 0.6) is 57.5 Å². The number of benzene rings is 9. The van der Waals surface area contributed by atoms with E-state index in [1.807, 2.05) is 0 Å². The van der Waals surface area contributed by atoms with Gasteiger partial charge >= 0.3 is 48.2 Å². The summed E-state index contributed by atoms with van der Waals surface area (Å²) >= 11 is 23.1. The zero-order valence-electron chi connectivity index (χ0n) is 62.0. The number of fused-ring (bicyclic) bond motifs is 2. The van der Waals surface area contributed by atoms with Gasteiger partial charge in [0.15, 0.2) is 0 Å². The quantitative estimate of drug-likeness (QED) is 0.00719. The fraction of sp³-hybridized carbons (Fsp3) is 0.163. The number of amides is 4. The minimum absolute atomic E-state index is 0.0682. The van der Waals surface area contributed by atoms with Gasteiger partial charge in [0.05, 0.1) is 61.5 Å². The largest absolute Gasteiger partial charge is 0.461 e. The van der Waals surface area contributed by atoms with Crippen LogP contribution in [0.15, 0.2) is 217 Å². The van der Waals surface area contributed by atoms with Gasteiger partial charge in [-0.2, -0.15) is 26.3 Å². The van der Waals surface area contributed by atoms with Gasteiger partial charge in [0.2, 0.25) is 0 Å². The highest BCUT2D eigenvalue weighted by Crippen LogP contribution is 2.58. The zero-order valence-corrected chi connectivity index (χ0v) is 65.0. The normalized spacial score (nSPS) is 13.1. The average molecular weight is 1720 g/mol. The van der Waals surface area contributed by atoms with Crippen molar-refractivity contribution >= 4 is 149 Å². The summed E-state index contributed by atoms with van der Waals surface area (Å²) < 4.78 is 152. The van der Waals surface area contributed by atoms with Gasteiger partial charge in [-0.15, -0.1) is 0 Å². The molecule has 4 amide bonds. The predicted octanol–water partition coefficient (Wildman–Crippen LogP) is 18.1. The Kier molecular flexibility index (Phi) is 24.9. The topological polar surface area (TPSA) is 295 Å². The van der Waals surface area contributed by atoms with Crippen molar-refractivity contribution in [3.63, 3.8) is 0 Å². The lowest BCUT2D eigenvalue weighted by molar-refractivity contribution is -0.160. The lowest BCUT2D eigenvalue weighted by atomic mass is 9.80. The number of ether oxygens (including phenoxy) is 10. The fourth-order valence-corrected chi connectivity index (χ4v) is 13.6. The van der Waals surface area contributed by atoms with E-state index in [0.717, 1.165) is 73.3 Å². The number of imide groups is 2. The molecule has 13 rings (SSSR count). The van der Waals surface area contributed by atoms with Gasteiger partial charge in [-0.1, -0.05) is 121 Å². The summed E-state index contributed by atoms with van der Waals surface area (Å²) in [6.45, 7) is 12.7. The molecule has 120 heavy (non-hydrogen) atoms.